The molecule has 2 aromatic rings. The first-order valence-electron chi connectivity index (χ1n) is 5.48. The van der Waals surface area contributed by atoms with E-state index in [2.05, 4.69) is 4.98 Å². The van der Waals surface area contributed by atoms with Crippen molar-refractivity contribution < 1.29 is 14.4 Å². The lowest BCUT2D eigenvalue weighted by Gasteiger charge is -2.08. The maximum atomic E-state index is 11.0. The molecule has 1 aromatic carbocycles. The van der Waals surface area contributed by atoms with Gasteiger partial charge in [-0.25, -0.2) is 0 Å². The van der Waals surface area contributed by atoms with E-state index in [4.69, 9.17) is 21.1 Å². The summed E-state index contributed by atoms with van der Waals surface area (Å²) in [5, 5.41) is 12.0. The highest BCUT2D eigenvalue weighted by atomic mass is 35.5. The molecular weight excluding hydrogens is 272 g/mol. The van der Waals surface area contributed by atoms with Gasteiger partial charge in [-0.2, -0.15) is 0 Å². The zero-order valence-corrected chi connectivity index (χ0v) is 10.9. The molecule has 2 rings (SSSR count). The largest absolute Gasteiger partial charge is 0.484 e. The summed E-state index contributed by atoms with van der Waals surface area (Å²) < 4.78 is 10.2. The number of pyridine rings is 1. The molecule has 0 N–H and O–H groups in total. The first-order chi connectivity index (χ1) is 9.13. The van der Waals surface area contributed by atoms with Crippen LogP contribution in [0.15, 0.2) is 24.4 Å². The van der Waals surface area contributed by atoms with E-state index in [0.29, 0.717) is 22.5 Å². The summed E-state index contributed by atoms with van der Waals surface area (Å²) in [6.45, 7) is 0.571. The normalized spacial score (nSPS) is 10.6. The molecule has 0 aliphatic rings. The fourth-order valence-electron chi connectivity index (χ4n) is 1.62. The number of benzene rings is 1. The van der Waals surface area contributed by atoms with E-state index < -0.39 is 4.92 Å². The summed E-state index contributed by atoms with van der Waals surface area (Å²) in [7, 11) is 1.53. The maximum absolute atomic E-state index is 11.0. The smallest absolute Gasteiger partial charge is 0.311 e. The molecule has 0 bridgehead atoms. The molecular formula is C12H11ClN2O4. The number of hydrogen-bond acceptors (Lipinski definition) is 5. The van der Waals surface area contributed by atoms with Gasteiger partial charge in [-0.15, -0.1) is 0 Å². The van der Waals surface area contributed by atoms with E-state index >= 15 is 0 Å². The molecule has 0 unspecified atom stereocenters. The Kier molecular flexibility index (Phi) is 4.13. The molecule has 0 radical (unpaired) electrons. The number of halogens is 1. The SMILES string of the molecule is COCCOc1cc2nccc(Cl)c2cc1[N+](=O)[O-]. The Labute approximate surface area is 114 Å². The van der Waals surface area contributed by atoms with Gasteiger partial charge in [0.1, 0.15) is 6.61 Å². The highest BCUT2D eigenvalue weighted by molar-refractivity contribution is 6.35. The molecule has 0 fully saturated rings. The van der Waals surface area contributed by atoms with Crippen LogP contribution in [0.4, 0.5) is 5.69 Å². The summed E-state index contributed by atoms with van der Waals surface area (Å²) in [6.07, 6.45) is 1.54. The summed E-state index contributed by atoms with van der Waals surface area (Å²) in [4.78, 5) is 14.6. The van der Waals surface area contributed by atoms with Gasteiger partial charge in [0.05, 0.1) is 22.1 Å². The van der Waals surface area contributed by atoms with Crippen LogP contribution in [0.2, 0.25) is 5.02 Å². The van der Waals surface area contributed by atoms with Gasteiger partial charge in [-0.3, -0.25) is 15.1 Å². The first-order valence-corrected chi connectivity index (χ1v) is 5.85. The van der Waals surface area contributed by atoms with Crippen LogP contribution in [-0.2, 0) is 4.74 Å². The molecule has 1 aromatic heterocycles. The van der Waals surface area contributed by atoms with Crippen LogP contribution in [0.3, 0.4) is 0 Å². The minimum absolute atomic E-state index is 0.140. The Morgan fingerprint density at radius 3 is 2.89 bits per heavy atom. The zero-order valence-electron chi connectivity index (χ0n) is 10.1. The van der Waals surface area contributed by atoms with Gasteiger partial charge in [0, 0.05) is 30.8 Å². The number of aromatic nitrogens is 1. The summed E-state index contributed by atoms with van der Waals surface area (Å²) in [5.41, 5.74) is 0.406. The zero-order chi connectivity index (χ0) is 13.8. The number of rotatable bonds is 5. The molecule has 19 heavy (non-hydrogen) atoms. The predicted octanol–water partition coefficient (Wildman–Crippen LogP) is 2.82. The number of nitro benzene ring substituents is 1. The van der Waals surface area contributed by atoms with Gasteiger partial charge in [0.2, 0.25) is 0 Å². The molecule has 0 atom stereocenters. The number of nitro groups is 1. The fraction of sp³-hybridized carbons (Fsp3) is 0.250. The lowest BCUT2D eigenvalue weighted by Crippen LogP contribution is -2.06. The Hall–Kier alpha value is -1.92. The fourth-order valence-corrected chi connectivity index (χ4v) is 1.83. The molecule has 0 amide bonds. The molecule has 1 heterocycles. The molecule has 6 nitrogen and oxygen atoms in total. The average molecular weight is 283 g/mol. The van der Waals surface area contributed by atoms with E-state index in [1.54, 1.807) is 6.07 Å². The van der Waals surface area contributed by atoms with Crippen molar-refractivity contribution in [2.45, 2.75) is 0 Å². The van der Waals surface area contributed by atoms with Crippen molar-refractivity contribution in [2.75, 3.05) is 20.3 Å². The highest BCUT2D eigenvalue weighted by Crippen LogP contribution is 2.34. The van der Waals surface area contributed by atoms with Gasteiger partial charge in [0.15, 0.2) is 5.75 Å². The Balaban J connectivity index is 2.48. The van der Waals surface area contributed by atoms with Crippen LogP contribution < -0.4 is 4.74 Å². The second-order valence-corrected chi connectivity index (χ2v) is 4.14. The van der Waals surface area contributed by atoms with Crippen molar-refractivity contribution in [1.29, 1.82) is 0 Å². The second-order valence-electron chi connectivity index (χ2n) is 3.73. The van der Waals surface area contributed by atoms with Crippen molar-refractivity contribution in [3.05, 3.63) is 39.5 Å². The highest BCUT2D eigenvalue weighted by Gasteiger charge is 2.18. The molecule has 100 valence electrons. The van der Waals surface area contributed by atoms with E-state index in [1.807, 2.05) is 0 Å². The third-order valence-electron chi connectivity index (χ3n) is 2.51. The molecule has 0 saturated heterocycles. The van der Waals surface area contributed by atoms with Gasteiger partial charge < -0.3 is 9.47 Å². The van der Waals surface area contributed by atoms with Crippen molar-refractivity contribution in [1.82, 2.24) is 4.98 Å². The van der Waals surface area contributed by atoms with Crippen LogP contribution in [0.1, 0.15) is 0 Å². The predicted molar refractivity (Wildman–Crippen MR) is 70.8 cm³/mol. The van der Waals surface area contributed by atoms with E-state index in [-0.39, 0.29) is 18.0 Å². The van der Waals surface area contributed by atoms with Gasteiger partial charge in [-0.05, 0) is 6.07 Å². The van der Waals surface area contributed by atoms with Crippen LogP contribution in [0.25, 0.3) is 10.9 Å². The van der Waals surface area contributed by atoms with Gasteiger partial charge >= 0.3 is 5.69 Å². The van der Waals surface area contributed by atoms with Crippen molar-refractivity contribution in [3.8, 4) is 5.75 Å². The first kappa shape index (κ1) is 13.5. The Morgan fingerprint density at radius 1 is 1.42 bits per heavy atom. The molecule has 7 heteroatoms. The van der Waals surface area contributed by atoms with Crippen LogP contribution >= 0.6 is 11.6 Å². The molecule has 0 aliphatic heterocycles. The lowest BCUT2D eigenvalue weighted by atomic mass is 10.2. The topological polar surface area (TPSA) is 74.5 Å². The number of methoxy groups -OCH3 is 1. The summed E-state index contributed by atoms with van der Waals surface area (Å²) in [6, 6.07) is 4.46. The van der Waals surface area contributed by atoms with Gasteiger partial charge in [0.25, 0.3) is 0 Å². The monoisotopic (exact) mass is 282 g/mol. The number of nitrogens with zero attached hydrogens (tertiary/aromatic N) is 2. The number of fused-ring (bicyclic) bond motifs is 1. The van der Waals surface area contributed by atoms with E-state index in [1.165, 1.54) is 25.4 Å². The lowest BCUT2D eigenvalue weighted by molar-refractivity contribution is -0.385. The minimum Gasteiger partial charge on any atom is -0.484 e. The Morgan fingerprint density at radius 2 is 2.21 bits per heavy atom. The van der Waals surface area contributed by atoms with Crippen LogP contribution in [-0.4, -0.2) is 30.2 Å². The van der Waals surface area contributed by atoms with E-state index in [9.17, 15) is 10.1 Å². The quantitative estimate of drug-likeness (QED) is 0.479. The van der Waals surface area contributed by atoms with Crippen molar-refractivity contribution in [2.24, 2.45) is 0 Å². The third-order valence-corrected chi connectivity index (χ3v) is 2.84. The summed E-state index contributed by atoms with van der Waals surface area (Å²) in [5.74, 6) is 0.157. The standard InChI is InChI=1S/C12H11ClN2O4/c1-18-4-5-19-12-7-10-8(6-11(12)15(16)17)9(13)2-3-14-10/h2-3,6-7H,4-5H2,1H3. The third kappa shape index (κ3) is 2.91. The molecule has 0 saturated carbocycles. The van der Waals surface area contributed by atoms with Crippen LogP contribution in [0.5, 0.6) is 5.75 Å². The van der Waals surface area contributed by atoms with Crippen molar-refractivity contribution >= 4 is 28.2 Å². The molecule has 0 aliphatic carbocycles. The second kappa shape index (κ2) is 5.81. The van der Waals surface area contributed by atoms with Gasteiger partial charge in [-0.1, -0.05) is 11.6 Å². The Bertz CT molecular complexity index is 618. The molecule has 0 spiro atoms. The maximum Gasteiger partial charge on any atom is 0.311 e. The number of ether oxygens (including phenoxy) is 2. The summed E-state index contributed by atoms with van der Waals surface area (Å²) >= 11 is 5.99. The average Bonchev–Trinajstić information content (AvgIpc) is 2.38. The number of hydrogen-bond donors (Lipinski definition) is 0. The van der Waals surface area contributed by atoms with Crippen LogP contribution in [0, 0.1) is 10.1 Å². The van der Waals surface area contributed by atoms with Crippen molar-refractivity contribution in [3.63, 3.8) is 0 Å². The van der Waals surface area contributed by atoms with E-state index in [0.717, 1.165) is 0 Å². The minimum atomic E-state index is -0.509.